The van der Waals surface area contributed by atoms with Gasteiger partial charge in [-0.05, 0) is 67.1 Å². The highest BCUT2D eigenvalue weighted by Crippen LogP contribution is 2.37. The molecule has 8 heteroatoms. The molecule has 2 heterocycles. The molecule has 1 fully saturated rings. The Labute approximate surface area is 237 Å². The van der Waals surface area contributed by atoms with Crippen LogP contribution in [0.3, 0.4) is 0 Å². The number of nitrogens with zero attached hydrogens (tertiary/aromatic N) is 2. The standard InChI is InChI=1S/C31H28Cl2FN3O2/c1-19(28-25(32)11-12-26(34)29(28)33)39-27-16-24(17-36-30(27)35)22-7-9-23(10-8-22)31(38)37-14-13-21(18-37)15-20-5-3-2-4-6-20/h2-12,16-17,19,21H,13-15,18H2,1H3,(H2,35,36)/t19-,21+/m0/s1. The lowest BCUT2D eigenvalue weighted by Gasteiger charge is -2.19. The minimum atomic E-state index is -0.675. The van der Waals surface area contributed by atoms with Gasteiger partial charge in [0.25, 0.3) is 5.91 Å². The zero-order valence-electron chi connectivity index (χ0n) is 21.4. The van der Waals surface area contributed by atoms with Gasteiger partial charge in [-0.3, -0.25) is 4.79 Å². The molecule has 1 amide bonds. The van der Waals surface area contributed by atoms with E-state index in [1.165, 1.54) is 17.7 Å². The van der Waals surface area contributed by atoms with Crippen molar-refractivity contribution >= 4 is 34.9 Å². The molecular formula is C31H28Cl2FN3O2. The van der Waals surface area contributed by atoms with E-state index in [4.69, 9.17) is 33.7 Å². The lowest BCUT2D eigenvalue weighted by atomic mass is 9.99. The molecule has 1 saturated heterocycles. The summed E-state index contributed by atoms with van der Waals surface area (Å²) in [6.45, 7) is 3.23. The van der Waals surface area contributed by atoms with E-state index in [-0.39, 0.29) is 16.7 Å². The fourth-order valence-corrected chi connectivity index (χ4v) is 5.67. The average molecular weight is 564 g/mol. The van der Waals surface area contributed by atoms with Crippen molar-refractivity contribution in [3.63, 3.8) is 0 Å². The number of halogens is 3. The smallest absolute Gasteiger partial charge is 0.253 e. The lowest BCUT2D eigenvalue weighted by Crippen LogP contribution is -2.28. The second-order valence-electron chi connectivity index (χ2n) is 9.80. The third-order valence-electron chi connectivity index (χ3n) is 7.08. The van der Waals surface area contributed by atoms with Crippen LogP contribution in [0.5, 0.6) is 5.75 Å². The van der Waals surface area contributed by atoms with Crippen LogP contribution in [0.4, 0.5) is 10.2 Å². The Morgan fingerprint density at radius 3 is 2.59 bits per heavy atom. The summed E-state index contributed by atoms with van der Waals surface area (Å²) < 4.78 is 20.0. The van der Waals surface area contributed by atoms with Gasteiger partial charge in [-0.15, -0.1) is 0 Å². The topological polar surface area (TPSA) is 68.5 Å². The van der Waals surface area contributed by atoms with E-state index in [9.17, 15) is 9.18 Å². The molecule has 0 aliphatic carbocycles. The highest BCUT2D eigenvalue weighted by Gasteiger charge is 2.27. The number of hydrogen-bond acceptors (Lipinski definition) is 4. The van der Waals surface area contributed by atoms with Gasteiger partial charge >= 0.3 is 0 Å². The highest BCUT2D eigenvalue weighted by molar-refractivity contribution is 6.36. The van der Waals surface area contributed by atoms with Crippen molar-refractivity contribution in [1.82, 2.24) is 9.88 Å². The number of amides is 1. The predicted octanol–water partition coefficient (Wildman–Crippen LogP) is 7.62. The molecule has 1 aromatic heterocycles. The molecule has 0 unspecified atom stereocenters. The summed E-state index contributed by atoms with van der Waals surface area (Å²) in [6, 6.07) is 22.2. The van der Waals surface area contributed by atoms with E-state index in [1.807, 2.05) is 35.2 Å². The molecule has 200 valence electrons. The number of ether oxygens (including phenoxy) is 1. The van der Waals surface area contributed by atoms with E-state index in [0.717, 1.165) is 37.1 Å². The van der Waals surface area contributed by atoms with Crippen molar-refractivity contribution in [2.24, 2.45) is 5.92 Å². The number of aromatic nitrogens is 1. The molecule has 2 N–H and O–H groups in total. The van der Waals surface area contributed by atoms with Gasteiger partial charge in [0, 0.05) is 41.0 Å². The summed E-state index contributed by atoms with van der Waals surface area (Å²) >= 11 is 12.4. The Morgan fingerprint density at radius 2 is 1.85 bits per heavy atom. The van der Waals surface area contributed by atoms with E-state index in [1.54, 1.807) is 19.2 Å². The van der Waals surface area contributed by atoms with Gasteiger partial charge in [-0.25, -0.2) is 9.37 Å². The zero-order chi connectivity index (χ0) is 27.5. The summed E-state index contributed by atoms with van der Waals surface area (Å²) in [4.78, 5) is 19.4. The van der Waals surface area contributed by atoms with Crippen molar-refractivity contribution in [1.29, 1.82) is 0 Å². The monoisotopic (exact) mass is 563 g/mol. The summed E-state index contributed by atoms with van der Waals surface area (Å²) in [5, 5.41) is 0.198. The van der Waals surface area contributed by atoms with Gasteiger partial charge in [-0.1, -0.05) is 65.7 Å². The van der Waals surface area contributed by atoms with Crippen LogP contribution >= 0.6 is 23.2 Å². The number of likely N-dealkylation sites (tertiary alicyclic amines) is 1. The van der Waals surface area contributed by atoms with Gasteiger partial charge in [0.1, 0.15) is 11.9 Å². The van der Waals surface area contributed by atoms with Crippen LogP contribution in [0, 0.1) is 11.7 Å². The first kappa shape index (κ1) is 27.0. The number of benzene rings is 3. The van der Waals surface area contributed by atoms with Crippen LogP contribution in [-0.4, -0.2) is 28.9 Å². The summed E-state index contributed by atoms with van der Waals surface area (Å²) in [5.41, 5.74) is 9.95. The first-order valence-electron chi connectivity index (χ1n) is 12.8. The normalized spacial score (nSPS) is 15.8. The molecule has 0 saturated carbocycles. The van der Waals surface area contributed by atoms with Gasteiger partial charge in [0.05, 0.1) is 5.02 Å². The lowest BCUT2D eigenvalue weighted by molar-refractivity contribution is 0.0787. The van der Waals surface area contributed by atoms with Gasteiger partial charge in [-0.2, -0.15) is 0 Å². The first-order valence-corrected chi connectivity index (χ1v) is 13.5. The Bertz CT molecular complexity index is 1480. The molecular weight excluding hydrogens is 536 g/mol. The maximum absolute atomic E-state index is 14.0. The minimum absolute atomic E-state index is 0.0363. The van der Waals surface area contributed by atoms with Gasteiger partial charge < -0.3 is 15.4 Å². The molecule has 5 nitrogen and oxygen atoms in total. The minimum Gasteiger partial charge on any atom is -0.482 e. The van der Waals surface area contributed by atoms with E-state index in [2.05, 4.69) is 29.2 Å². The fourth-order valence-electron chi connectivity index (χ4n) is 4.99. The molecule has 3 aromatic carbocycles. The van der Waals surface area contributed by atoms with Crippen LogP contribution in [0.2, 0.25) is 10.0 Å². The van der Waals surface area contributed by atoms with Crippen molar-refractivity contribution in [3.05, 3.63) is 112 Å². The fraction of sp³-hybridized carbons (Fsp3) is 0.226. The largest absolute Gasteiger partial charge is 0.482 e. The third-order valence-corrected chi connectivity index (χ3v) is 7.79. The molecule has 2 atom stereocenters. The molecule has 4 aromatic rings. The number of carbonyl (C=O) groups is 1. The Balaban J connectivity index is 1.27. The maximum Gasteiger partial charge on any atom is 0.253 e. The first-order chi connectivity index (χ1) is 18.8. The Hall–Kier alpha value is -3.61. The van der Waals surface area contributed by atoms with Gasteiger partial charge in [0.2, 0.25) is 0 Å². The Morgan fingerprint density at radius 1 is 1.10 bits per heavy atom. The van der Waals surface area contributed by atoms with Crippen molar-refractivity contribution in [2.45, 2.75) is 25.9 Å². The van der Waals surface area contributed by atoms with Crippen molar-refractivity contribution in [3.8, 4) is 16.9 Å². The average Bonchev–Trinajstić information content (AvgIpc) is 3.41. The number of rotatable bonds is 7. The molecule has 39 heavy (non-hydrogen) atoms. The molecule has 1 aliphatic rings. The van der Waals surface area contributed by atoms with Crippen LogP contribution in [0.15, 0.2) is 79.0 Å². The van der Waals surface area contributed by atoms with Crippen LogP contribution in [-0.2, 0) is 6.42 Å². The van der Waals surface area contributed by atoms with E-state index < -0.39 is 11.9 Å². The number of nitrogen functional groups attached to an aromatic ring is 1. The number of hydrogen-bond donors (Lipinski definition) is 1. The molecule has 1 aliphatic heterocycles. The molecule has 0 spiro atoms. The van der Waals surface area contributed by atoms with Gasteiger partial charge in [0.15, 0.2) is 11.6 Å². The number of nitrogens with two attached hydrogens (primary N) is 1. The third kappa shape index (κ3) is 6.02. The summed E-state index contributed by atoms with van der Waals surface area (Å²) in [6.07, 6.45) is 2.95. The Kier molecular flexibility index (Phi) is 8.05. The van der Waals surface area contributed by atoms with Crippen LogP contribution in [0.25, 0.3) is 11.1 Å². The molecule has 0 bridgehead atoms. The number of anilines is 1. The van der Waals surface area contributed by atoms with Crippen molar-refractivity contribution in [2.75, 3.05) is 18.8 Å². The predicted molar refractivity (Wildman–Crippen MR) is 154 cm³/mol. The molecule has 0 radical (unpaired) electrons. The second-order valence-corrected chi connectivity index (χ2v) is 10.6. The van der Waals surface area contributed by atoms with Crippen LogP contribution < -0.4 is 10.5 Å². The van der Waals surface area contributed by atoms with E-state index >= 15 is 0 Å². The zero-order valence-corrected chi connectivity index (χ0v) is 22.9. The summed E-state index contributed by atoms with van der Waals surface area (Å²) in [7, 11) is 0. The number of carbonyl (C=O) groups excluding carboxylic acids is 1. The van der Waals surface area contributed by atoms with Crippen LogP contribution in [0.1, 0.15) is 40.9 Å². The maximum atomic E-state index is 14.0. The van der Waals surface area contributed by atoms with E-state index in [0.29, 0.717) is 27.8 Å². The quantitative estimate of drug-likeness (QED) is 0.235. The number of pyridine rings is 1. The molecule has 5 rings (SSSR count). The second kappa shape index (κ2) is 11.6. The summed E-state index contributed by atoms with van der Waals surface area (Å²) in [5.74, 6) is 0.420. The SMILES string of the molecule is C[C@H](Oc1cc(-c2ccc(C(=O)N3CC[C@H](Cc4ccccc4)C3)cc2)cnc1N)c1c(Cl)ccc(F)c1Cl. The highest BCUT2D eigenvalue weighted by atomic mass is 35.5. The van der Waals surface area contributed by atoms with Crippen molar-refractivity contribution < 1.29 is 13.9 Å².